The molecule has 0 bridgehead atoms. The summed E-state index contributed by atoms with van der Waals surface area (Å²) in [5.74, 6) is 2.19. The van der Waals surface area contributed by atoms with Crippen molar-refractivity contribution in [1.82, 2.24) is 20.3 Å². The highest BCUT2D eigenvalue weighted by Gasteiger charge is 2.09. The molecule has 154 valence electrons. The van der Waals surface area contributed by atoms with Gasteiger partial charge in [-0.1, -0.05) is 0 Å². The molecule has 0 aliphatic heterocycles. The molecule has 0 fully saturated rings. The fourth-order valence-electron chi connectivity index (χ4n) is 2.66. The van der Waals surface area contributed by atoms with Gasteiger partial charge in [0.1, 0.15) is 23.3 Å². The first-order valence-corrected chi connectivity index (χ1v) is 9.22. The van der Waals surface area contributed by atoms with Gasteiger partial charge in [0, 0.05) is 43.0 Å². The van der Waals surface area contributed by atoms with E-state index in [-0.39, 0.29) is 11.6 Å². The molecule has 0 aliphatic carbocycles. The van der Waals surface area contributed by atoms with E-state index in [1.165, 1.54) is 24.3 Å². The number of non-ortho nitro benzene ring substituents is 1. The predicted molar refractivity (Wildman–Crippen MR) is 113 cm³/mol. The van der Waals surface area contributed by atoms with Gasteiger partial charge in [-0.2, -0.15) is 0 Å². The standard InChI is InChI=1S/C20H21N7O3/c1-13-7-8-21-17(11-13)26-19-12-18(24-14(2)25-19)22-9-10-23-20(28)15-3-5-16(6-4-15)27(29)30/h3-8,11-12H,9-10H2,1-2H3,(H,23,28)(H2,21,22,24,25,26). The monoisotopic (exact) mass is 407 g/mol. The number of aryl methyl sites for hydroxylation is 2. The number of nitro groups is 1. The van der Waals surface area contributed by atoms with Crippen LogP contribution in [-0.4, -0.2) is 38.9 Å². The van der Waals surface area contributed by atoms with E-state index < -0.39 is 4.92 Å². The number of hydrogen-bond donors (Lipinski definition) is 3. The zero-order valence-corrected chi connectivity index (χ0v) is 16.5. The first-order chi connectivity index (χ1) is 14.4. The summed E-state index contributed by atoms with van der Waals surface area (Å²) in [5, 5.41) is 19.7. The van der Waals surface area contributed by atoms with Gasteiger partial charge in [-0.25, -0.2) is 15.0 Å². The van der Waals surface area contributed by atoms with Crippen LogP contribution in [-0.2, 0) is 0 Å². The molecule has 0 saturated carbocycles. The molecule has 10 nitrogen and oxygen atoms in total. The van der Waals surface area contributed by atoms with Crippen molar-refractivity contribution in [3.05, 3.63) is 75.7 Å². The zero-order valence-electron chi connectivity index (χ0n) is 16.5. The van der Waals surface area contributed by atoms with Crippen molar-refractivity contribution in [2.45, 2.75) is 13.8 Å². The Morgan fingerprint density at radius 2 is 1.73 bits per heavy atom. The largest absolute Gasteiger partial charge is 0.368 e. The Balaban J connectivity index is 1.52. The van der Waals surface area contributed by atoms with Crippen molar-refractivity contribution in [3.63, 3.8) is 0 Å². The third kappa shape index (κ3) is 5.71. The predicted octanol–water partition coefficient (Wildman–Crippen LogP) is 2.98. The summed E-state index contributed by atoms with van der Waals surface area (Å²) in [4.78, 5) is 35.2. The molecule has 1 amide bonds. The molecule has 3 rings (SSSR count). The molecular weight excluding hydrogens is 386 g/mol. The van der Waals surface area contributed by atoms with Gasteiger partial charge < -0.3 is 16.0 Å². The number of benzene rings is 1. The minimum atomic E-state index is -0.507. The van der Waals surface area contributed by atoms with Gasteiger partial charge in [0.15, 0.2) is 0 Å². The lowest BCUT2D eigenvalue weighted by molar-refractivity contribution is -0.384. The number of carbonyl (C=O) groups is 1. The van der Waals surface area contributed by atoms with E-state index in [0.29, 0.717) is 41.9 Å². The molecule has 0 unspecified atom stereocenters. The number of carbonyl (C=O) groups excluding carboxylic acids is 1. The molecule has 10 heteroatoms. The maximum absolute atomic E-state index is 12.1. The van der Waals surface area contributed by atoms with Crippen LogP contribution in [0, 0.1) is 24.0 Å². The molecule has 0 atom stereocenters. The van der Waals surface area contributed by atoms with Gasteiger partial charge in [-0.3, -0.25) is 14.9 Å². The molecule has 3 aromatic rings. The molecule has 0 saturated heterocycles. The first-order valence-electron chi connectivity index (χ1n) is 9.22. The highest BCUT2D eigenvalue weighted by atomic mass is 16.6. The number of anilines is 3. The Morgan fingerprint density at radius 1 is 1.00 bits per heavy atom. The fraction of sp³-hybridized carbons (Fsp3) is 0.200. The summed E-state index contributed by atoms with van der Waals surface area (Å²) < 4.78 is 0. The normalized spacial score (nSPS) is 10.3. The van der Waals surface area contributed by atoms with Gasteiger partial charge in [-0.05, 0) is 43.7 Å². The van der Waals surface area contributed by atoms with Crippen LogP contribution in [0.2, 0.25) is 0 Å². The van der Waals surface area contributed by atoms with E-state index in [1.54, 1.807) is 19.2 Å². The van der Waals surface area contributed by atoms with E-state index in [9.17, 15) is 14.9 Å². The zero-order chi connectivity index (χ0) is 21.5. The number of nitrogens with zero attached hydrogens (tertiary/aromatic N) is 4. The number of aromatic nitrogens is 3. The molecule has 3 N–H and O–H groups in total. The van der Waals surface area contributed by atoms with Crippen molar-refractivity contribution in [2.75, 3.05) is 23.7 Å². The van der Waals surface area contributed by atoms with Crippen LogP contribution in [0.25, 0.3) is 0 Å². The molecule has 2 aromatic heterocycles. The van der Waals surface area contributed by atoms with Crippen LogP contribution >= 0.6 is 0 Å². The lowest BCUT2D eigenvalue weighted by Gasteiger charge is -2.11. The van der Waals surface area contributed by atoms with Crippen LogP contribution in [0.5, 0.6) is 0 Å². The SMILES string of the molecule is Cc1ccnc(Nc2cc(NCCNC(=O)c3ccc([N+](=O)[O-])cc3)nc(C)n2)c1. The van der Waals surface area contributed by atoms with E-state index >= 15 is 0 Å². The highest BCUT2D eigenvalue weighted by molar-refractivity contribution is 5.94. The average Bonchev–Trinajstić information content (AvgIpc) is 2.71. The number of nitrogens with one attached hydrogen (secondary N) is 3. The Labute approximate surface area is 172 Å². The van der Waals surface area contributed by atoms with Crippen LogP contribution in [0.1, 0.15) is 21.7 Å². The molecule has 2 heterocycles. The Hall–Kier alpha value is -4.08. The van der Waals surface area contributed by atoms with Gasteiger partial charge in [0.05, 0.1) is 4.92 Å². The van der Waals surface area contributed by atoms with Crippen molar-refractivity contribution in [1.29, 1.82) is 0 Å². The number of amides is 1. The number of pyridine rings is 1. The highest BCUT2D eigenvalue weighted by Crippen LogP contribution is 2.16. The van der Waals surface area contributed by atoms with Crippen LogP contribution < -0.4 is 16.0 Å². The van der Waals surface area contributed by atoms with E-state index in [1.807, 2.05) is 19.1 Å². The van der Waals surface area contributed by atoms with E-state index in [2.05, 4.69) is 30.9 Å². The summed E-state index contributed by atoms with van der Waals surface area (Å²) in [6.45, 7) is 4.56. The summed E-state index contributed by atoms with van der Waals surface area (Å²) in [6.07, 6.45) is 1.72. The molecule has 0 aliphatic rings. The van der Waals surface area contributed by atoms with Crippen molar-refractivity contribution in [2.24, 2.45) is 0 Å². The first kappa shape index (κ1) is 20.6. The van der Waals surface area contributed by atoms with Gasteiger partial charge >= 0.3 is 0 Å². The van der Waals surface area contributed by atoms with Gasteiger partial charge in [0.2, 0.25) is 0 Å². The van der Waals surface area contributed by atoms with Gasteiger partial charge in [0.25, 0.3) is 11.6 Å². The van der Waals surface area contributed by atoms with Crippen molar-refractivity contribution in [3.8, 4) is 0 Å². The van der Waals surface area contributed by atoms with Crippen LogP contribution in [0.4, 0.5) is 23.1 Å². The maximum atomic E-state index is 12.1. The quantitative estimate of drug-likeness (QED) is 0.295. The van der Waals surface area contributed by atoms with Crippen molar-refractivity contribution >= 4 is 29.0 Å². The Morgan fingerprint density at radius 3 is 2.43 bits per heavy atom. The second-order valence-electron chi connectivity index (χ2n) is 6.52. The minimum Gasteiger partial charge on any atom is -0.368 e. The topological polar surface area (TPSA) is 135 Å². The lowest BCUT2D eigenvalue weighted by atomic mass is 10.2. The third-order valence-electron chi connectivity index (χ3n) is 4.07. The maximum Gasteiger partial charge on any atom is 0.269 e. The summed E-state index contributed by atoms with van der Waals surface area (Å²) in [5.41, 5.74) is 1.38. The molecule has 0 spiro atoms. The van der Waals surface area contributed by atoms with E-state index in [0.717, 1.165) is 5.56 Å². The molecule has 1 aromatic carbocycles. The Kier molecular flexibility index (Phi) is 6.48. The van der Waals surface area contributed by atoms with Crippen LogP contribution in [0.3, 0.4) is 0 Å². The fourth-order valence-corrected chi connectivity index (χ4v) is 2.66. The lowest BCUT2D eigenvalue weighted by Crippen LogP contribution is -2.28. The summed E-state index contributed by atoms with van der Waals surface area (Å²) in [6, 6.07) is 11.0. The number of rotatable bonds is 8. The van der Waals surface area contributed by atoms with Gasteiger partial charge in [-0.15, -0.1) is 0 Å². The summed E-state index contributed by atoms with van der Waals surface area (Å²) in [7, 11) is 0. The smallest absolute Gasteiger partial charge is 0.269 e. The second kappa shape index (κ2) is 9.41. The number of nitro benzene ring substituents is 1. The average molecular weight is 407 g/mol. The van der Waals surface area contributed by atoms with Crippen molar-refractivity contribution < 1.29 is 9.72 Å². The second-order valence-corrected chi connectivity index (χ2v) is 6.52. The summed E-state index contributed by atoms with van der Waals surface area (Å²) >= 11 is 0. The Bertz CT molecular complexity index is 1050. The molecular formula is C20H21N7O3. The third-order valence-corrected chi connectivity index (χ3v) is 4.07. The van der Waals surface area contributed by atoms with E-state index in [4.69, 9.17) is 0 Å². The minimum absolute atomic E-state index is 0.0578. The number of hydrogen-bond acceptors (Lipinski definition) is 8. The molecule has 0 radical (unpaired) electrons. The molecule has 30 heavy (non-hydrogen) atoms. The van der Waals surface area contributed by atoms with Crippen LogP contribution in [0.15, 0.2) is 48.7 Å².